The number of rotatable bonds is 7. The topological polar surface area (TPSA) is 89.5 Å². The normalized spacial score (nSPS) is 12.5. The van der Waals surface area contributed by atoms with Crippen molar-refractivity contribution in [3.8, 4) is 0 Å². The van der Waals surface area contributed by atoms with Crippen molar-refractivity contribution in [2.45, 2.75) is 16.2 Å². The quantitative estimate of drug-likeness (QED) is 0.737. The van der Waals surface area contributed by atoms with Crippen molar-refractivity contribution in [2.24, 2.45) is 0 Å². The van der Waals surface area contributed by atoms with Crippen LogP contribution in [-0.2, 0) is 24.6 Å². The molecule has 0 unspecified atom stereocenters. The van der Waals surface area contributed by atoms with E-state index in [0.717, 1.165) is 6.26 Å². The summed E-state index contributed by atoms with van der Waals surface area (Å²) in [5, 5.41) is 0. The monoisotopic (exact) mass is 307 g/mol. The lowest BCUT2D eigenvalue weighted by atomic mass is 10.4. The van der Waals surface area contributed by atoms with Crippen molar-refractivity contribution in [2.75, 3.05) is 26.5 Å². The van der Waals surface area contributed by atoms with Crippen molar-refractivity contribution >= 4 is 19.9 Å². The van der Waals surface area contributed by atoms with Gasteiger partial charge in [0.05, 0.1) is 9.79 Å². The highest BCUT2D eigenvalue weighted by Gasteiger charge is 2.14. The molecule has 0 aliphatic heterocycles. The molecule has 1 rings (SSSR count). The molecule has 0 aliphatic carbocycles. The number of sulfone groups is 1. The lowest BCUT2D eigenvalue weighted by Crippen LogP contribution is -2.25. The third-order valence-corrected chi connectivity index (χ3v) is 4.98. The fourth-order valence-corrected chi connectivity index (χ4v) is 3.08. The minimum absolute atomic E-state index is 0.0392. The average molecular weight is 307 g/mol. The van der Waals surface area contributed by atoms with Gasteiger partial charge in [0.15, 0.2) is 9.84 Å². The maximum atomic E-state index is 11.9. The second-order valence-corrected chi connectivity index (χ2v) is 7.77. The van der Waals surface area contributed by atoms with E-state index >= 15 is 0 Å². The third-order valence-electron chi connectivity index (χ3n) is 2.38. The molecule has 0 amide bonds. The number of sulfonamides is 1. The summed E-state index contributed by atoms with van der Waals surface area (Å²) in [7, 11) is -5.38. The average Bonchev–Trinajstić information content (AvgIpc) is 2.34. The molecular weight excluding hydrogens is 290 g/mol. The minimum atomic E-state index is -3.60. The van der Waals surface area contributed by atoms with Crippen LogP contribution in [0, 0.1) is 0 Å². The Balaban J connectivity index is 2.80. The van der Waals surface area contributed by atoms with Gasteiger partial charge in [-0.3, -0.25) is 0 Å². The Bertz CT molecular complexity index is 605. The summed E-state index contributed by atoms with van der Waals surface area (Å²) >= 11 is 0. The van der Waals surface area contributed by atoms with Gasteiger partial charge >= 0.3 is 0 Å². The molecule has 0 atom stereocenters. The van der Waals surface area contributed by atoms with E-state index in [0.29, 0.717) is 13.0 Å². The van der Waals surface area contributed by atoms with Gasteiger partial charge < -0.3 is 4.74 Å². The molecule has 0 heterocycles. The van der Waals surface area contributed by atoms with Gasteiger partial charge in [-0.05, 0) is 30.7 Å². The second kappa shape index (κ2) is 6.47. The van der Waals surface area contributed by atoms with E-state index in [1.54, 1.807) is 7.11 Å². The maximum absolute atomic E-state index is 11.9. The van der Waals surface area contributed by atoms with Gasteiger partial charge in [0.25, 0.3) is 0 Å². The van der Waals surface area contributed by atoms with Crippen molar-refractivity contribution in [3.05, 3.63) is 24.3 Å². The van der Waals surface area contributed by atoms with Gasteiger partial charge in [-0.2, -0.15) is 0 Å². The van der Waals surface area contributed by atoms with Crippen LogP contribution in [0.2, 0.25) is 0 Å². The first-order valence-corrected chi connectivity index (χ1v) is 8.93. The summed E-state index contributed by atoms with van der Waals surface area (Å²) < 4.78 is 53.5. The molecule has 0 fully saturated rings. The summed E-state index contributed by atoms with van der Waals surface area (Å²) in [5.74, 6) is 0. The van der Waals surface area contributed by atoms with E-state index in [2.05, 4.69) is 4.72 Å². The van der Waals surface area contributed by atoms with Crippen LogP contribution in [0.15, 0.2) is 34.1 Å². The van der Waals surface area contributed by atoms with Gasteiger partial charge in [0.1, 0.15) is 0 Å². The highest BCUT2D eigenvalue weighted by atomic mass is 32.2. The van der Waals surface area contributed by atoms with Crippen LogP contribution in [0.3, 0.4) is 0 Å². The van der Waals surface area contributed by atoms with E-state index < -0.39 is 19.9 Å². The molecule has 108 valence electrons. The zero-order valence-electron chi connectivity index (χ0n) is 10.8. The highest BCUT2D eigenvalue weighted by Crippen LogP contribution is 2.14. The number of nitrogens with one attached hydrogen (secondary N) is 1. The van der Waals surface area contributed by atoms with E-state index in [-0.39, 0.29) is 16.3 Å². The first kappa shape index (κ1) is 16.1. The summed E-state index contributed by atoms with van der Waals surface area (Å²) in [6, 6.07) is 5.10. The number of benzene rings is 1. The van der Waals surface area contributed by atoms with Crippen LogP contribution in [0.4, 0.5) is 0 Å². The molecule has 0 saturated carbocycles. The van der Waals surface area contributed by atoms with Crippen molar-refractivity contribution < 1.29 is 21.6 Å². The first-order valence-electron chi connectivity index (χ1n) is 5.56. The SMILES string of the molecule is COCCCNS(=O)(=O)c1ccc(S(C)(=O)=O)cc1. The number of methoxy groups -OCH3 is 1. The standard InChI is InChI=1S/C11H17NO5S2/c1-17-9-3-8-12-19(15,16)11-6-4-10(5-7-11)18(2,13)14/h4-7,12H,3,8-9H2,1-2H3. The highest BCUT2D eigenvalue weighted by molar-refractivity contribution is 7.90. The smallest absolute Gasteiger partial charge is 0.240 e. The predicted molar refractivity (Wildman–Crippen MR) is 71.2 cm³/mol. The summed E-state index contributed by atoms with van der Waals surface area (Å²) in [6.45, 7) is 0.736. The second-order valence-electron chi connectivity index (χ2n) is 3.99. The summed E-state index contributed by atoms with van der Waals surface area (Å²) in [4.78, 5) is 0.128. The largest absolute Gasteiger partial charge is 0.385 e. The maximum Gasteiger partial charge on any atom is 0.240 e. The van der Waals surface area contributed by atoms with Crippen LogP contribution >= 0.6 is 0 Å². The third kappa shape index (κ3) is 4.90. The van der Waals surface area contributed by atoms with Crippen LogP contribution in [0.1, 0.15) is 6.42 Å². The first-order chi connectivity index (χ1) is 8.77. The zero-order chi connectivity index (χ0) is 14.5. The van der Waals surface area contributed by atoms with E-state index in [1.165, 1.54) is 24.3 Å². The van der Waals surface area contributed by atoms with Crippen molar-refractivity contribution in [1.82, 2.24) is 4.72 Å². The molecule has 0 spiro atoms. The molecule has 1 N–H and O–H groups in total. The predicted octanol–water partition coefficient (Wildman–Crippen LogP) is 0.405. The van der Waals surface area contributed by atoms with Crippen molar-refractivity contribution in [3.63, 3.8) is 0 Å². The van der Waals surface area contributed by atoms with E-state index in [4.69, 9.17) is 4.74 Å². The number of hydrogen-bond donors (Lipinski definition) is 1. The Labute approximate surface area is 113 Å². The van der Waals surface area contributed by atoms with E-state index in [9.17, 15) is 16.8 Å². The van der Waals surface area contributed by atoms with E-state index in [1.807, 2.05) is 0 Å². The minimum Gasteiger partial charge on any atom is -0.385 e. The fraction of sp³-hybridized carbons (Fsp3) is 0.455. The Hall–Kier alpha value is -0.960. The Morgan fingerprint density at radius 1 is 1.05 bits per heavy atom. The molecule has 0 bridgehead atoms. The Kier molecular flexibility index (Phi) is 5.48. The van der Waals surface area contributed by atoms with Crippen molar-refractivity contribution in [1.29, 1.82) is 0 Å². The number of ether oxygens (including phenoxy) is 1. The van der Waals surface area contributed by atoms with Gasteiger partial charge in [-0.1, -0.05) is 0 Å². The van der Waals surface area contributed by atoms with Crippen LogP contribution < -0.4 is 4.72 Å². The van der Waals surface area contributed by atoms with Crippen LogP contribution in [-0.4, -0.2) is 43.4 Å². The lowest BCUT2D eigenvalue weighted by molar-refractivity contribution is 0.196. The lowest BCUT2D eigenvalue weighted by Gasteiger charge is -2.07. The van der Waals surface area contributed by atoms with Crippen LogP contribution in [0.5, 0.6) is 0 Å². The summed E-state index contributed by atoms with van der Waals surface area (Å²) in [5.41, 5.74) is 0. The molecule has 1 aromatic carbocycles. The molecule has 0 saturated heterocycles. The fourth-order valence-electron chi connectivity index (χ4n) is 1.37. The van der Waals surface area contributed by atoms with Gasteiger partial charge in [-0.25, -0.2) is 21.6 Å². The molecule has 8 heteroatoms. The van der Waals surface area contributed by atoms with Crippen LogP contribution in [0.25, 0.3) is 0 Å². The Morgan fingerprint density at radius 3 is 2.05 bits per heavy atom. The molecule has 0 radical (unpaired) electrons. The molecule has 19 heavy (non-hydrogen) atoms. The van der Waals surface area contributed by atoms with Gasteiger partial charge in [-0.15, -0.1) is 0 Å². The molecule has 0 aromatic heterocycles. The molecule has 1 aromatic rings. The van der Waals surface area contributed by atoms with Gasteiger partial charge in [0.2, 0.25) is 10.0 Å². The van der Waals surface area contributed by atoms with Gasteiger partial charge in [0, 0.05) is 26.5 Å². The molecule has 6 nitrogen and oxygen atoms in total. The Morgan fingerprint density at radius 2 is 1.58 bits per heavy atom. The number of hydrogen-bond acceptors (Lipinski definition) is 5. The zero-order valence-corrected chi connectivity index (χ0v) is 12.4. The molecule has 0 aliphatic rings. The molecular formula is C11H17NO5S2. The summed E-state index contributed by atoms with van der Waals surface area (Å²) in [6.07, 6.45) is 1.64.